The molecule has 0 aliphatic carbocycles. The van der Waals surface area contributed by atoms with Crippen molar-refractivity contribution in [3.63, 3.8) is 0 Å². The lowest BCUT2D eigenvalue weighted by atomic mass is 10.1. The second-order valence-corrected chi connectivity index (χ2v) is 14.0. The number of hydrogen-bond acceptors (Lipinski definition) is 11. The van der Waals surface area contributed by atoms with E-state index in [9.17, 15) is 16.8 Å². The molecule has 1 aromatic heterocycles. The molecular formula is C30H33N7O4S2. The summed E-state index contributed by atoms with van der Waals surface area (Å²) in [6, 6.07) is 24.2. The Hall–Kier alpha value is -4.62. The summed E-state index contributed by atoms with van der Waals surface area (Å²) in [5.74, 6) is 1.11. The maximum atomic E-state index is 12.1. The molecule has 0 amide bonds. The third-order valence-corrected chi connectivity index (χ3v) is 9.96. The van der Waals surface area contributed by atoms with Crippen molar-refractivity contribution in [3.8, 4) is 0 Å². The van der Waals surface area contributed by atoms with Gasteiger partial charge in [0.15, 0.2) is 31.3 Å². The van der Waals surface area contributed by atoms with Crippen molar-refractivity contribution in [2.45, 2.75) is 37.5 Å². The van der Waals surface area contributed by atoms with Crippen LogP contribution in [0.3, 0.4) is 0 Å². The van der Waals surface area contributed by atoms with Crippen molar-refractivity contribution in [2.75, 3.05) is 27.7 Å². The van der Waals surface area contributed by atoms with Crippen LogP contribution < -0.4 is 16.2 Å². The van der Waals surface area contributed by atoms with Crippen LogP contribution in [-0.2, 0) is 19.7 Å². The van der Waals surface area contributed by atoms with Crippen LogP contribution in [0, 0.1) is 0 Å². The minimum Gasteiger partial charge on any atom is -0.324 e. The van der Waals surface area contributed by atoms with E-state index in [0.717, 1.165) is 16.8 Å². The SMILES string of the molecule is CCS(=O)(=O)c1ccc(C(C)=NNc2cc(NN=C(C)c3ccc(S(=O)(=O)CC)cc3)nc(Nc3ccccc3)n2)cc1. The van der Waals surface area contributed by atoms with E-state index in [2.05, 4.69) is 36.3 Å². The molecule has 224 valence electrons. The molecule has 0 saturated heterocycles. The minimum atomic E-state index is -3.29. The number of aromatic nitrogens is 2. The first-order valence-electron chi connectivity index (χ1n) is 13.5. The minimum absolute atomic E-state index is 0.0313. The Kier molecular flexibility index (Phi) is 9.88. The molecule has 0 unspecified atom stereocenters. The molecule has 4 aromatic rings. The largest absolute Gasteiger partial charge is 0.324 e. The number of rotatable bonds is 12. The maximum absolute atomic E-state index is 12.1. The summed E-state index contributed by atoms with van der Waals surface area (Å²) < 4.78 is 48.5. The highest BCUT2D eigenvalue weighted by Gasteiger charge is 2.13. The van der Waals surface area contributed by atoms with Crippen molar-refractivity contribution < 1.29 is 16.8 Å². The molecular weight excluding hydrogens is 587 g/mol. The van der Waals surface area contributed by atoms with Gasteiger partial charge in [-0.05, 0) is 61.4 Å². The van der Waals surface area contributed by atoms with Crippen molar-refractivity contribution in [1.82, 2.24) is 9.97 Å². The standard InChI is InChI=1S/C30H33N7O4S2/c1-5-42(38,39)26-16-12-23(13-17-26)21(3)34-36-28-20-29(33-30(32-28)31-25-10-8-7-9-11-25)37-35-22(4)24-14-18-27(19-15-24)43(40,41)6-2/h7-20H,5-6H2,1-4H3,(H3,31,32,33,36,37). The summed E-state index contributed by atoms with van der Waals surface area (Å²) in [7, 11) is -6.58. The Morgan fingerprint density at radius 2 is 1.07 bits per heavy atom. The number of sulfone groups is 2. The zero-order chi connectivity index (χ0) is 31.0. The third-order valence-electron chi connectivity index (χ3n) is 6.45. The molecule has 1 heterocycles. The summed E-state index contributed by atoms with van der Waals surface area (Å²) in [6.45, 7) is 6.81. The predicted octanol–water partition coefficient (Wildman–Crippen LogP) is 5.48. The molecule has 11 nitrogen and oxygen atoms in total. The van der Waals surface area contributed by atoms with Gasteiger partial charge in [-0.25, -0.2) is 16.8 Å². The molecule has 13 heteroatoms. The van der Waals surface area contributed by atoms with Crippen LogP contribution in [0.2, 0.25) is 0 Å². The van der Waals surface area contributed by atoms with Gasteiger partial charge in [0.1, 0.15) is 0 Å². The summed E-state index contributed by atoms with van der Waals surface area (Å²) in [5.41, 5.74) is 9.40. The second kappa shape index (κ2) is 13.6. The Morgan fingerprint density at radius 3 is 1.47 bits per heavy atom. The van der Waals surface area contributed by atoms with Crippen molar-refractivity contribution in [1.29, 1.82) is 0 Å². The van der Waals surface area contributed by atoms with Crippen molar-refractivity contribution in [2.24, 2.45) is 10.2 Å². The van der Waals surface area contributed by atoms with E-state index in [-0.39, 0.29) is 21.3 Å². The fourth-order valence-corrected chi connectivity index (χ4v) is 5.59. The first-order chi connectivity index (χ1) is 20.5. The van der Waals surface area contributed by atoms with E-state index in [1.54, 1.807) is 82.3 Å². The van der Waals surface area contributed by atoms with E-state index < -0.39 is 19.7 Å². The zero-order valence-corrected chi connectivity index (χ0v) is 25.9. The molecule has 0 aliphatic heterocycles. The number of hydrazone groups is 2. The van der Waals surface area contributed by atoms with Crippen LogP contribution in [0.4, 0.5) is 23.3 Å². The number of anilines is 4. The van der Waals surface area contributed by atoms with Crippen LogP contribution in [0.25, 0.3) is 0 Å². The van der Waals surface area contributed by atoms with Gasteiger partial charge in [0.2, 0.25) is 5.95 Å². The van der Waals surface area contributed by atoms with E-state index >= 15 is 0 Å². The van der Waals surface area contributed by atoms with Gasteiger partial charge in [0.25, 0.3) is 0 Å². The smallest absolute Gasteiger partial charge is 0.231 e. The van der Waals surface area contributed by atoms with E-state index in [1.165, 1.54) is 0 Å². The summed E-state index contributed by atoms with van der Waals surface area (Å²) in [5, 5.41) is 12.0. The topological polar surface area (TPSA) is 155 Å². The van der Waals surface area contributed by atoms with Crippen molar-refractivity contribution >= 4 is 54.4 Å². The van der Waals surface area contributed by atoms with Gasteiger partial charge in [0.05, 0.1) is 32.7 Å². The molecule has 0 atom stereocenters. The van der Waals surface area contributed by atoms with Gasteiger partial charge in [-0.1, -0.05) is 56.3 Å². The Balaban J connectivity index is 1.57. The number of nitrogens with zero attached hydrogens (tertiary/aromatic N) is 4. The van der Waals surface area contributed by atoms with Gasteiger partial charge in [-0.2, -0.15) is 20.2 Å². The van der Waals surface area contributed by atoms with Gasteiger partial charge in [0, 0.05) is 11.8 Å². The van der Waals surface area contributed by atoms with E-state index in [1.807, 2.05) is 30.3 Å². The second-order valence-electron chi connectivity index (χ2n) is 9.43. The van der Waals surface area contributed by atoms with Gasteiger partial charge < -0.3 is 5.32 Å². The lowest BCUT2D eigenvalue weighted by molar-refractivity contribution is 0.595. The fraction of sp³-hybridized carbons (Fsp3) is 0.200. The van der Waals surface area contributed by atoms with Crippen molar-refractivity contribution in [3.05, 3.63) is 96.1 Å². The molecule has 3 N–H and O–H groups in total. The summed E-state index contributed by atoms with van der Waals surface area (Å²) in [6.07, 6.45) is 0. The lowest BCUT2D eigenvalue weighted by Gasteiger charge is -2.10. The maximum Gasteiger partial charge on any atom is 0.231 e. The number of hydrogen-bond donors (Lipinski definition) is 3. The normalized spacial score (nSPS) is 12.6. The van der Waals surface area contributed by atoms with E-state index in [0.29, 0.717) is 29.0 Å². The molecule has 0 saturated carbocycles. The van der Waals surface area contributed by atoms with E-state index in [4.69, 9.17) is 0 Å². The first kappa shape index (κ1) is 31.3. The zero-order valence-electron chi connectivity index (χ0n) is 24.2. The lowest BCUT2D eigenvalue weighted by Crippen LogP contribution is -2.07. The molecule has 0 radical (unpaired) electrons. The Bertz CT molecular complexity index is 1730. The molecule has 4 rings (SSSR count). The average molecular weight is 620 g/mol. The number of nitrogens with one attached hydrogen (secondary N) is 3. The summed E-state index contributed by atoms with van der Waals surface area (Å²) >= 11 is 0. The molecule has 0 fully saturated rings. The quantitative estimate of drug-likeness (QED) is 0.138. The van der Waals surface area contributed by atoms with Crippen LogP contribution in [0.15, 0.2) is 105 Å². The summed E-state index contributed by atoms with van der Waals surface area (Å²) in [4.78, 5) is 9.55. The van der Waals surface area contributed by atoms with Crippen LogP contribution in [-0.4, -0.2) is 49.7 Å². The molecule has 0 spiro atoms. The highest BCUT2D eigenvalue weighted by atomic mass is 32.2. The van der Waals surface area contributed by atoms with Crippen LogP contribution >= 0.6 is 0 Å². The highest BCUT2D eigenvalue weighted by molar-refractivity contribution is 7.91. The third kappa shape index (κ3) is 8.23. The van der Waals surface area contributed by atoms with Gasteiger partial charge in [-0.15, -0.1) is 0 Å². The Labute approximate surface area is 252 Å². The van der Waals surface area contributed by atoms with Gasteiger partial charge >= 0.3 is 0 Å². The van der Waals surface area contributed by atoms with Crippen LogP contribution in [0.1, 0.15) is 38.8 Å². The molecule has 3 aromatic carbocycles. The van der Waals surface area contributed by atoms with Crippen LogP contribution in [0.5, 0.6) is 0 Å². The fourth-order valence-electron chi connectivity index (χ4n) is 3.82. The number of benzene rings is 3. The first-order valence-corrected chi connectivity index (χ1v) is 16.8. The molecule has 0 aliphatic rings. The monoisotopic (exact) mass is 619 g/mol. The molecule has 0 bridgehead atoms. The average Bonchev–Trinajstić information content (AvgIpc) is 3.03. The van der Waals surface area contributed by atoms with Gasteiger partial charge in [-0.3, -0.25) is 10.9 Å². The molecule has 43 heavy (non-hydrogen) atoms. The number of para-hydroxylation sites is 1. The Morgan fingerprint density at radius 1 is 0.651 bits per heavy atom. The highest BCUT2D eigenvalue weighted by Crippen LogP contribution is 2.20. The predicted molar refractivity (Wildman–Crippen MR) is 172 cm³/mol.